The molecule has 1 saturated heterocycles. The van der Waals surface area contributed by atoms with Gasteiger partial charge in [0.25, 0.3) is 0 Å². The summed E-state index contributed by atoms with van der Waals surface area (Å²) in [5, 5.41) is 3.43. The minimum absolute atomic E-state index is 0.457. The molecule has 1 aromatic rings. The molecule has 0 radical (unpaired) electrons. The maximum atomic E-state index is 5.53. The van der Waals surface area contributed by atoms with Gasteiger partial charge < -0.3 is 9.73 Å². The van der Waals surface area contributed by atoms with Crippen molar-refractivity contribution in [2.24, 2.45) is 5.92 Å². The molecule has 0 aromatic carbocycles. The highest BCUT2D eigenvalue weighted by atomic mass is 16.3. The molecule has 1 N–H and O–H groups in total. The predicted octanol–water partition coefficient (Wildman–Crippen LogP) is 1.88. The molecule has 84 valence electrons. The van der Waals surface area contributed by atoms with Crippen LogP contribution >= 0.6 is 0 Å². The van der Waals surface area contributed by atoms with E-state index in [1.54, 1.807) is 6.26 Å². The van der Waals surface area contributed by atoms with Crippen LogP contribution in [0.4, 0.5) is 0 Å². The highest BCUT2D eigenvalue weighted by Gasteiger charge is 2.34. The van der Waals surface area contributed by atoms with E-state index in [1.165, 1.54) is 13.0 Å². The molecule has 2 unspecified atom stereocenters. The summed E-state index contributed by atoms with van der Waals surface area (Å²) in [6.07, 6.45) is 3.03. The number of hydrogen-bond acceptors (Lipinski definition) is 3. The molecule has 2 atom stereocenters. The topological polar surface area (TPSA) is 28.4 Å². The molecule has 3 nitrogen and oxygen atoms in total. The summed E-state index contributed by atoms with van der Waals surface area (Å²) in [6, 6.07) is 4.52. The van der Waals surface area contributed by atoms with E-state index < -0.39 is 0 Å². The molecule has 2 rings (SSSR count). The molecular formula is C12H20N2O. The summed E-state index contributed by atoms with van der Waals surface area (Å²) in [5.41, 5.74) is 0. The number of furan rings is 1. The van der Waals surface area contributed by atoms with Gasteiger partial charge in [-0.05, 0) is 51.2 Å². The zero-order chi connectivity index (χ0) is 10.7. The molecule has 1 fully saturated rings. The zero-order valence-corrected chi connectivity index (χ0v) is 9.57. The molecule has 1 aliphatic rings. The molecular weight excluding hydrogens is 188 g/mol. The maximum Gasteiger partial charge on any atom is 0.121 e. The highest BCUT2D eigenvalue weighted by molar-refractivity contribution is 5.08. The molecule has 3 heteroatoms. The third kappa shape index (κ3) is 2.24. The van der Waals surface area contributed by atoms with Gasteiger partial charge in [0, 0.05) is 0 Å². The summed E-state index contributed by atoms with van der Waals surface area (Å²) < 4.78 is 5.53. The van der Waals surface area contributed by atoms with Gasteiger partial charge in [0.05, 0.1) is 12.3 Å². The van der Waals surface area contributed by atoms with Crippen molar-refractivity contribution >= 4 is 0 Å². The smallest absolute Gasteiger partial charge is 0.121 e. The van der Waals surface area contributed by atoms with Gasteiger partial charge >= 0.3 is 0 Å². The third-order valence-electron chi connectivity index (χ3n) is 3.27. The van der Waals surface area contributed by atoms with Crippen LogP contribution in [0, 0.1) is 5.92 Å². The lowest BCUT2D eigenvalue weighted by molar-refractivity contribution is 0.235. The van der Waals surface area contributed by atoms with E-state index in [1.807, 2.05) is 6.07 Å². The first-order valence-corrected chi connectivity index (χ1v) is 5.77. The van der Waals surface area contributed by atoms with Gasteiger partial charge in [-0.2, -0.15) is 0 Å². The first kappa shape index (κ1) is 10.7. The molecule has 0 aliphatic carbocycles. The Kier molecular flexibility index (Phi) is 3.44. The van der Waals surface area contributed by atoms with E-state index in [2.05, 4.69) is 30.3 Å². The van der Waals surface area contributed by atoms with Crippen LogP contribution in [0.2, 0.25) is 0 Å². The van der Waals surface area contributed by atoms with Crippen LogP contribution in [0.1, 0.15) is 25.1 Å². The van der Waals surface area contributed by atoms with Gasteiger partial charge in [-0.3, -0.25) is 4.90 Å². The number of likely N-dealkylation sites (tertiary alicyclic amines) is 1. The van der Waals surface area contributed by atoms with Gasteiger partial charge in [-0.15, -0.1) is 0 Å². The lowest BCUT2D eigenvalue weighted by atomic mass is 9.98. The lowest BCUT2D eigenvalue weighted by Crippen LogP contribution is -2.28. The van der Waals surface area contributed by atoms with Crippen LogP contribution in [-0.4, -0.2) is 31.6 Å². The van der Waals surface area contributed by atoms with Crippen molar-refractivity contribution in [3.8, 4) is 0 Å². The Morgan fingerprint density at radius 2 is 2.47 bits per heavy atom. The van der Waals surface area contributed by atoms with Crippen molar-refractivity contribution in [3.63, 3.8) is 0 Å². The van der Waals surface area contributed by atoms with Gasteiger partial charge in [0.2, 0.25) is 0 Å². The Morgan fingerprint density at radius 3 is 3.13 bits per heavy atom. The Morgan fingerprint density at radius 1 is 1.60 bits per heavy atom. The van der Waals surface area contributed by atoms with Gasteiger partial charge in [0.1, 0.15) is 5.76 Å². The highest BCUT2D eigenvalue weighted by Crippen LogP contribution is 2.35. The third-order valence-corrected chi connectivity index (χ3v) is 3.27. The molecule has 0 saturated carbocycles. The van der Waals surface area contributed by atoms with Crippen molar-refractivity contribution in [3.05, 3.63) is 24.2 Å². The van der Waals surface area contributed by atoms with E-state index >= 15 is 0 Å². The molecule has 0 spiro atoms. The molecule has 1 aliphatic heterocycles. The molecule has 2 heterocycles. The number of hydrogen-bond donors (Lipinski definition) is 1. The minimum atomic E-state index is 0.457. The fraction of sp³-hybridized carbons (Fsp3) is 0.667. The second-order valence-electron chi connectivity index (χ2n) is 4.30. The van der Waals surface area contributed by atoms with Gasteiger partial charge in [0.15, 0.2) is 0 Å². The Labute approximate surface area is 91.4 Å². The van der Waals surface area contributed by atoms with Gasteiger partial charge in [-0.1, -0.05) is 6.92 Å². The molecule has 1 aromatic heterocycles. The molecule has 0 amide bonds. The summed E-state index contributed by atoms with van der Waals surface area (Å²) >= 11 is 0. The first-order valence-electron chi connectivity index (χ1n) is 5.77. The van der Waals surface area contributed by atoms with E-state index in [0.29, 0.717) is 12.0 Å². The number of nitrogens with one attached hydrogen (secondary N) is 1. The van der Waals surface area contributed by atoms with E-state index in [0.717, 1.165) is 18.8 Å². The standard InChI is InChI=1S/C12H20N2O/c1-3-13-9-10-6-7-14(2)12(10)11-5-4-8-15-11/h4-5,8,10,12-13H,3,6-7,9H2,1-2H3. The second kappa shape index (κ2) is 4.81. The summed E-state index contributed by atoms with van der Waals surface area (Å²) in [4.78, 5) is 2.39. The SMILES string of the molecule is CCNCC1CCN(C)C1c1ccco1. The Bertz CT molecular complexity index is 284. The maximum absolute atomic E-state index is 5.53. The van der Waals surface area contributed by atoms with Gasteiger partial charge in [-0.25, -0.2) is 0 Å². The van der Waals surface area contributed by atoms with E-state index in [-0.39, 0.29) is 0 Å². The predicted molar refractivity (Wildman–Crippen MR) is 60.7 cm³/mol. The summed E-state index contributed by atoms with van der Waals surface area (Å²) in [5.74, 6) is 1.79. The summed E-state index contributed by atoms with van der Waals surface area (Å²) in [6.45, 7) is 5.46. The van der Waals surface area contributed by atoms with Crippen LogP contribution in [0.25, 0.3) is 0 Å². The Hall–Kier alpha value is -0.800. The van der Waals surface area contributed by atoms with Crippen molar-refractivity contribution in [2.45, 2.75) is 19.4 Å². The van der Waals surface area contributed by atoms with Crippen molar-refractivity contribution in [1.29, 1.82) is 0 Å². The van der Waals surface area contributed by atoms with Crippen LogP contribution < -0.4 is 5.32 Å². The quantitative estimate of drug-likeness (QED) is 0.819. The number of nitrogens with zero attached hydrogens (tertiary/aromatic N) is 1. The van der Waals surface area contributed by atoms with E-state index in [4.69, 9.17) is 4.42 Å². The van der Waals surface area contributed by atoms with Crippen molar-refractivity contribution < 1.29 is 4.42 Å². The number of rotatable bonds is 4. The van der Waals surface area contributed by atoms with Crippen LogP contribution in [0.3, 0.4) is 0 Å². The van der Waals surface area contributed by atoms with Crippen molar-refractivity contribution in [2.75, 3.05) is 26.7 Å². The van der Waals surface area contributed by atoms with Crippen LogP contribution in [0.15, 0.2) is 22.8 Å². The largest absolute Gasteiger partial charge is 0.468 e. The van der Waals surface area contributed by atoms with Crippen LogP contribution in [-0.2, 0) is 0 Å². The zero-order valence-electron chi connectivity index (χ0n) is 9.57. The molecule has 15 heavy (non-hydrogen) atoms. The average Bonchev–Trinajstić information content (AvgIpc) is 2.84. The Balaban J connectivity index is 2.05. The first-order chi connectivity index (χ1) is 7.33. The monoisotopic (exact) mass is 208 g/mol. The fourth-order valence-electron chi connectivity index (χ4n) is 2.48. The van der Waals surface area contributed by atoms with E-state index in [9.17, 15) is 0 Å². The summed E-state index contributed by atoms with van der Waals surface area (Å²) in [7, 11) is 2.18. The average molecular weight is 208 g/mol. The fourth-order valence-corrected chi connectivity index (χ4v) is 2.48. The van der Waals surface area contributed by atoms with Crippen LogP contribution in [0.5, 0.6) is 0 Å². The van der Waals surface area contributed by atoms with Crippen molar-refractivity contribution in [1.82, 2.24) is 10.2 Å². The second-order valence-corrected chi connectivity index (χ2v) is 4.30. The normalized spacial score (nSPS) is 27.3. The lowest BCUT2D eigenvalue weighted by Gasteiger charge is -2.23. The minimum Gasteiger partial charge on any atom is -0.468 e. The molecule has 0 bridgehead atoms.